The summed E-state index contributed by atoms with van der Waals surface area (Å²) in [6.07, 6.45) is 0.440. The summed E-state index contributed by atoms with van der Waals surface area (Å²) >= 11 is 5.98. The molecule has 1 amide bonds. The topological polar surface area (TPSA) is 75.6 Å². The number of halogens is 2. The van der Waals surface area contributed by atoms with Gasteiger partial charge in [0, 0.05) is 29.5 Å². The summed E-state index contributed by atoms with van der Waals surface area (Å²) < 4.78 is 18.7. The van der Waals surface area contributed by atoms with Gasteiger partial charge >= 0.3 is 5.97 Å². The largest absolute Gasteiger partial charge is 0.479 e. The maximum absolute atomic E-state index is 13.8. The average Bonchev–Trinajstić information content (AvgIpc) is 3.18. The molecule has 3 atom stereocenters. The summed E-state index contributed by atoms with van der Waals surface area (Å²) in [5, 5.41) is 12.0. The van der Waals surface area contributed by atoms with Gasteiger partial charge in [-0.25, -0.2) is 9.18 Å². The molecular weight excluding hydrogens is 313 g/mol. The number of hydrogen-bond donors (Lipinski definition) is 2. The number of ether oxygens (including phenoxy) is 1. The van der Waals surface area contributed by atoms with Gasteiger partial charge in [0.15, 0.2) is 5.54 Å². The van der Waals surface area contributed by atoms with Crippen molar-refractivity contribution in [1.82, 2.24) is 5.32 Å². The fraction of sp³-hybridized carbons (Fsp3) is 0.467. The minimum atomic E-state index is -1.52. The third kappa shape index (κ3) is 3.23. The van der Waals surface area contributed by atoms with Gasteiger partial charge in [-0.05, 0) is 25.5 Å². The maximum Gasteiger partial charge on any atom is 0.331 e. The molecule has 22 heavy (non-hydrogen) atoms. The first kappa shape index (κ1) is 16.7. The quantitative estimate of drug-likeness (QED) is 0.839. The van der Waals surface area contributed by atoms with E-state index in [1.807, 2.05) is 0 Å². The number of hydrogen-bond acceptors (Lipinski definition) is 3. The van der Waals surface area contributed by atoms with Crippen molar-refractivity contribution in [2.24, 2.45) is 5.92 Å². The summed E-state index contributed by atoms with van der Waals surface area (Å²) in [5.41, 5.74) is -1.20. The van der Waals surface area contributed by atoms with Crippen LogP contribution >= 0.6 is 11.6 Å². The van der Waals surface area contributed by atoms with Crippen molar-refractivity contribution in [3.63, 3.8) is 0 Å². The van der Waals surface area contributed by atoms with E-state index in [2.05, 4.69) is 5.32 Å². The van der Waals surface area contributed by atoms with Crippen LogP contribution in [0.5, 0.6) is 0 Å². The Hall–Kier alpha value is -1.66. The molecule has 1 saturated carbocycles. The highest BCUT2D eigenvalue weighted by Crippen LogP contribution is 2.50. The van der Waals surface area contributed by atoms with E-state index in [0.29, 0.717) is 12.0 Å². The van der Waals surface area contributed by atoms with Crippen molar-refractivity contribution in [3.8, 4) is 0 Å². The zero-order valence-electron chi connectivity index (χ0n) is 12.2. The highest BCUT2D eigenvalue weighted by atomic mass is 35.5. The van der Waals surface area contributed by atoms with Crippen LogP contribution in [0.25, 0.3) is 0 Å². The van der Waals surface area contributed by atoms with Gasteiger partial charge in [0.25, 0.3) is 0 Å². The van der Waals surface area contributed by atoms with Gasteiger partial charge in [0.1, 0.15) is 5.82 Å². The van der Waals surface area contributed by atoms with E-state index in [9.17, 15) is 19.1 Å². The maximum atomic E-state index is 13.8. The number of carboxylic acid groups (broad SMARTS) is 1. The zero-order chi connectivity index (χ0) is 16.5. The van der Waals surface area contributed by atoms with Gasteiger partial charge in [-0.3, -0.25) is 4.79 Å². The number of carboxylic acids is 1. The summed E-state index contributed by atoms with van der Waals surface area (Å²) in [6.45, 7) is 1.20. The molecule has 2 rings (SSSR count). The molecule has 1 aromatic rings. The summed E-state index contributed by atoms with van der Waals surface area (Å²) in [4.78, 5) is 23.5. The van der Waals surface area contributed by atoms with Gasteiger partial charge in [0.05, 0.1) is 6.61 Å². The standard InChI is InChI=1S/C15H17ClFNO4/c1-15(7-22-2,14(20)21)18-13(19)9-6-8(9)12-10(16)4-3-5-11(12)17/h3-5,8-9H,6-7H2,1-2H3,(H,18,19)(H,20,21). The molecule has 0 aliphatic heterocycles. The fourth-order valence-electron chi connectivity index (χ4n) is 2.47. The van der Waals surface area contributed by atoms with Crippen LogP contribution in [0.2, 0.25) is 5.02 Å². The van der Waals surface area contributed by atoms with E-state index in [-0.39, 0.29) is 17.5 Å². The first-order valence-corrected chi connectivity index (χ1v) is 7.16. The number of carbonyl (C=O) groups is 2. The lowest BCUT2D eigenvalue weighted by Crippen LogP contribution is -2.55. The van der Waals surface area contributed by atoms with Crippen LogP contribution in [0.15, 0.2) is 18.2 Å². The number of methoxy groups -OCH3 is 1. The van der Waals surface area contributed by atoms with Crippen LogP contribution in [0, 0.1) is 11.7 Å². The first-order valence-electron chi connectivity index (χ1n) is 6.78. The van der Waals surface area contributed by atoms with Crippen LogP contribution in [-0.4, -0.2) is 36.2 Å². The van der Waals surface area contributed by atoms with Gasteiger partial charge in [-0.2, -0.15) is 0 Å². The molecule has 120 valence electrons. The minimum Gasteiger partial charge on any atom is -0.479 e. The van der Waals surface area contributed by atoms with Gasteiger partial charge < -0.3 is 15.2 Å². The second kappa shape index (κ2) is 6.22. The molecule has 2 N–H and O–H groups in total. The highest BCUT2D eigenvalue weighted by Gasteiger charge is 2.48. The molecule has 1 aliphatic carbocycles. The van der Waals surface area contributed by atoms with Crippen LogP contribution in [0.4, 0.5) is 4.39 Å². The number of amides is 1. The van der Waals surface area contributed by atoms with Crippen LogP contribution in [0.1, 0.15) is 24.8 Å². The number of carbonyl (C=O) groups excluding carboxylic acids is 1. The Morgan fingerprint density at radius 2 is 2.23 bits per heavy atom. The van der Waals surface area contributed by atoms with Crippen molar-refractivity contribution < 1.29 is 23.8 Å². The van der Waals surface area contributed by atoms with E-state index in [1.54, 1.807) is 6.07 Å². The van der Waals surface area contributed by atoms with E-state index in [4.69, 9.17) is 16.3 Å². The van der Waals surface area contributed by atoms with E-state index >= 15 is 0 Å². The third-order valence-electron chi connectivity index (χ3n) is 3.80. The molecule has 0 bridgehead atoms. The minimum absolute atomic E-state index is 0.161. The summed E-state index contributed by atoms with van der Waals surface area (Å²) in [5.74, 6) is -2.89. The second-order valence-electron chi connectivity index (χ2n) is 5.64. The molecule has 1 fully saturated rings. The zero-order valence-corrected chi connectivity index (χ0v) is 13.0. The van der Waals surface area contributed by atoms with Gasteiger partial charge in [-0.1, -0.05) is 17.7 Å². The lowest BCUT2D eigenvalue weighted by Gasteiger charge is -2.25. The van der Waals surface area contributed by atoms with Crippen LogP contribution in [0.3, 0.4) is 0 Å². The molecule has 5 nitrogen and oxygen atoms in total. The lowest BCUT2D eigenvalue weighted by molar-refractivity contribution is -0.149. The van der Waals surface area contributed by atoms with Crippen molar-refractivity contribution >= 4 is 23.5 Å². The molecule has 7 heteroatoms. The number of benzene rings is 1. The number of nitrogens with one attached hydrogen (secondary N) is 1. The fourth-order valence-corrected chi connectivity index (χ4v) is 2.78. The Morgan fingerprint density at radius 1 is 1.55 bits per heavy atom. The molecular formula is C15H17ClFNO4. The van der Waals surface area contributed by atoms with Gasteiger partial charge in [-0.15, -0.1) is 0 Å². The Morgan fingerprint density at radius 3 is 2.77 bits per heavy atom. The smallest absolute Gasteiger partial charge is 0.331 e. The van der Waals surface area contributed by atoms with Crippen molar-refractivity contribution in [2.45, 2.75) is 24.8 Å². The molecule has 0 spiro atoms. The lowest BCUT2D eigenvalue weighted by atomic mass is 10.0. The Bertz CT molecular complexity index is 589. The molecule has 3 unspecified atom stereocenters. The first-order chi connectivity index (χ1) is 10.3. The SMILES string of the molecule is COCC(C)(NC(=O)C1CC1c1c(F)cccc1Cl)C(=O)O. The Labute approximate surface area is 132 Å². The monoisotopic (exact) mass is 329 g/mol. The normalized spacial score (nSPS) is 22.7. The van der Waals surface area contributed by atoms with Gasteiger partial charge in [0.2, 0.25) is 5.91 Å². The Balaban J connectivity index is 2.09. The predicted octanol–water partition coefficient (Wildman–Crippen LogP) is 2.19. The molecule has 0 saturated heterocycles. The van der Waals surface area contributed by atoms with Crippen molar-refractivity contribution in [1.29, 1.82) is 0 Å². The molecule has 0 heterocycles. The van der Waals surface area contributed by atoms with E-state index < -0.39 is 29.2 Å². The third-order valence-corrected chi connectivity index (χ3v) is 4.13. The Kier molecular flexibility index (Phi) is 4.72. The molecule has 0 radical (unpaired) electrons. The number of rotatable bonds is 6. The van der Waals surface area contributed by atoms with Crippen LogP contribution in [-0.2, 0) is 14.3 Å². The molecule has 0 aromatic heterocycles. The van der Waals surface area contributed by atoms with E-state index in [1.165, 1.54) is 26.2 Å². The molecule has 1 aliphatic rings. The van der Waals surface area contributed by atoms with E-state index in [0.717, 1.165) is 0 Å². The van der Waals surface area contributed by atoms with Crippen molar-refractivity contribution in [3.05, 3.63) is 34.6 Å². The summed E-state index contributed by atoms with van der Waals surface area (Å²) in [7, 11) is 1.35. The van der Waals surface area contributed by atoms with Crippen LogP contribution < -0.4 is 5.32 Å². The van der Waals surface area contributed by atoms with Crippen molar-refractivity contribution in [2.75, 3.05) is 13.7 Å². The average molecular weight is 330 g/mol. The second-order valence-corrected chi connectivity index (χ2v) is 6.05. The predicted molar refractivity (Wildman–Crippen MR) is 78.3 cm³/mol. The highest BCUT2D eigenvalue weighted by molar-refractivity contribution is 6.31. The molecule has 1 aromatic carbocycles. The summed E-state index contributed by atoms with van der Waals surface area (Å²) in [6, 6.07) is 4.36. The number of aliphatic carboxylic acids is 1.